The largest absolute Gasteiger partial charge is 0.339 e. The molecule has 0 saturated carbocycles. The normalized spacial score (nSPS) is 15.1. The van der Waals surface area contributed by atoms with Crippen LogP contribution in [0.2, 0.25) is 5.02 Å². The van der Waals surface area contributed by atoms with E-state index in [9.17, 15) is 9.59 Å². The van der Waals surface area contributed by atoms with Crippen LogP contribution in [0.4, 0.5) is 4.79 Å². The molecule has 1 aromatic carbocycles. The average Bonchev–Trinajstić information content (AvgIpc) is 2.49. The molecule has 120 valence electrons. The summed E-state index contributed by atoms with van der Waals surface area (Å²) >= 11 is 5.84. The summed E-state index contributed by atoms with van der Waals surface area (Å²) in [5.74, 6) is 0.0891. The Morgan fingerprint density at radius 3 is 2.18 bits per heavy atom. The minimum atomic E-state index is -0.0557. The Kier molecular flexibility index (Phi) is 5.66. The summed E-state index contributed by atoms with van der Waals surface area (Å²) in [5.41, 5.74) is 0.953. The van der Waals surface area contributed by atoms with Crippen molar-refractivity contribution in [3.8, 4) is 0 Å². The van der Waals surface area contributed by atoms with Crippen LogP contribution in [0, 0.1) is 0 Å². The number of benzene rings is 1. The number of hydrogen-bond acceptors (Lipinski definition) is 2. The molecule has 1 fully saturated rings. The van der Waals surface area contributed by atoms with Crippen LogP contribution in [0.25, 0.3) is 0 Å². The van der Waals surface area contributed by atoms with Crippen LogP contribution in [0.15, 0.2) is 24.3 Å². The van der Waals surface area contributed by atoms with Gasteiger partial charge >= 0.3 is 6.03 Å². The van der Waals surface area contributed by atoms with E-state index in [1.807, 2.05) is 30.9 Å². The zero-order valence-electron chi connectivity index (χ0n) is 13.0. The number of hydrogen-bond donors (Lipinski definition) is 1. The SMILES string of the molecule is CC(C)NC(=O)N1CCN(C(=O)Cc2ccc(Cl)cc2)CC1. The zero-order chi connectivity index (χ0) is 16.1. The molecule has 0 bridgehead atoms. The maximum absolute atomic E-state index is 12.3. The second-order valence-corrected chi connectivity index (χ2v) is 6.21. The van der Waals surface area contributed by atoms with Crippen LogP contribution in [0.1, 0.15) is 19.4 Å². The Bertz CT molecular complexity index is 523. The van der Waals surface area contributed by atoms with Gasteiger partial charge < -0.3 is 15.1 Å². The first-order valence-electron chi connectivity index (χ1n) is 7.53. The van der Waals surface area contributed by atoms with E-state index in [1.54, 1.807) is 17.0 Å². The van der Waals surface area contributed by atoms with Gasteiger partial charge in [-0.25, -0.2) is 4.79 Å². The number of nitrogens with zero attached hydrogens (tertiary/aromatic N) is 2. The highest BCUT2D eigenvalue weighted by atomic mass is 35.5. The van der Waals surface area contributed by atoms with Gasteiger partial charge in [0, 0.05) is 37.2 Å². The van der Waals surface area contributed by atoms with Gasteiger partial charge in [0.1, 0.15) is 0 Å². The van der Waals surface area contributed by atoms with E-state index >= 15 is 0 Å². The molecule has 2 rings (SSSR count). The highest BCUT2D eigenvalue weighted by Gasteiger charge is 2.24. The van der Waals surface area contributed by atoms with Gasteiger partial charge in [0.25, 0.3) is 0 Å². The first-order valence-corrected chi connectivity index (χ1v) is 7.91. The maximum atomic E-state index is 12.3. The van der Waals surface area contributed by atoms with Crippen LogP contribution in [-0.4, -0.2) is 54.0 Å². The summed E-state index contributed by atoms with van der Waals surface area (Å²) in [4.78, 5) is 27.8. The fourth-order valence-corrected chi connectivity index (χ4v) is 2.51. The van der Waals surface area contributed by atoms with Crippen molar-refractivity contribution < 1.29 is 9.59 Å². The van der Waals surface area contributed by atoms with E-state index in [2.05, 4.69) is 5.32 Å². The minimum Gasteiger partial charge on any atom is -0.339 e. The van der Waals surface area contributed by atoms with Gasteiger partial charge in [-0.2, -0.15) is 0 Å². The Morgan fingerprint density at radius 2 is 1.64 bits per heavy atom. The first-order chi connectivity index (χ1) is 10.5. The van der Waals surface area contributed by atoms with E-state index in [0.717, 1.165) is 5.56 Å². The van der Waals surface area contributed by atoms with Crippen molar-refractivity contribution in [3.63, 3.8) is 0 Å². The number of rotatable bonds is 3. The lowest BCUT2D eigenvalue weighted by atomic mass is 10.1. The van der Waals surface area contributed by atoms with Crippen LogP contribution in [-0.2, 0) is 11.2 Å². The molecule has 6 heteroatoms. The molecule has 0 unspecified atom stereocenters. The number of halogens is 1. The molecule has 1 heterocycles. The van der Waals surface area contributed by atoms with Crippen LogP contribution >= 0.6 is 11.6 Å². The molecule has 1 N–H and O–H groups in total. The molecule has 1 aliphatic heterocycles. The highest BCUT2D eigenvalue weighted by Crippen LogP contribution is 2.12. The quantitative estimate of drug-likeness (QED) is 0.926. The molecule has 5 nitrogen and oxygen atoms in total. The maximum Gasteiger partial charge on any atom is 0.317 e. The number of urea groups is 1. The Balaban J connectivity index is 1.82. The molecule has 0 radical (unpaired) electrons. The number of carbonyl (C=O) groups is 2. The molecule has 1 aliphatic rings. The molecule has 3 amide bonds. The molecule has 0 aliphatic carbocycles. The van der Waals surface area contributed by atoms with Crippen molar-refractivity contribution in [2.24, 2.45) is 0 Å². The molecular weight excluding hydrogens is 302 g/mol. The van der Waals surface area contributed by atoms with Crippen molar-refractivity contribution in [2.45, 2.75) is 26.3 Å². The fourth-order valence-electron chi connectivity index (χ4n) is 2.39. The topological polar surface area (TPSA) is 52.7 Å². The van der Waals surface area contributed by atoms with Gasteiger partial charge in [-0.3, -0.25) is 4.79 Å². The number of nitrogens with one attached hydrogen (secondary N) is 1. The standard InChI is InChI=1S/C16H22ClN3O2/c1-12(2)18-16(22)20-9-7-19(8-10-20)15(21)11-13-3-5-14(17)6-4-13/h3-6,12H,7-11H2,1-2H3,(H,18,22). The Labute approximate surface area is 136 Å². The van der Waals surface area contributed by atoms with Crippen LogP contribution in [0.5, 0.6) is 0 Å². The van der Waals surface area contributed by atoms with Crippen LogP contribution in [0.3, 0.4) is 0 Å². The summed E-state index contributed by atoms with van der Waals surface area (Å²) < 4.78 is 0. The Morgan fingerprint density at radius 1 is 1.09 bits per heavy atom. The summed E-state index contributed by atoms with van der Waals surface area (Å²) in [6, 6.07) is 7.38. The summed E-state index contributed by atoms with van der Waals surface area (Å²) in [5, 5.41) is 3.54. The third-order valence-electron chi connectivity index (χ3n) is 3.60. The van der Waals surface area contributed by atoms with Crippen molar-refractivity contribution >= 4 is 23.5 Å². The van der Waals surface area contributed by atoms with Gasteiger partial charge in [-0.15, -0.1) is 0 Å². The molecule has 0 aromatic heterocycles. The third-order valence-corrected chi connectivity index (χ3v) is 3.85. The van der Waals surface area contributed by atoms with Gasteiger partial charge in [-0.1, -0.05) is 23.7 Å². The lowest BCUT2D eigenvalue weighted by Gasteiger charge is -2.35. The lowest BCUT2D eigenvalue weighted by molar-refractivity contribution is -0.131. The van der Waals surface area contributed by atoms with Gasteiger partial charge in [0.05, 0.1) is 6.42 Å². The van der Waals surface area contributed by atoms with E-state index in [0.29, 0.717) is 37.6 Å². The Hall–Kier alpha value is -1.75. The summed E-state index contributed by atoms with van der Waals surface area (Å²) in [6.07, 6.45) is 0.370. The molecular formula is C16H22ClN3O2. The average molecular weight is 324 g/mol. The van der Waals surface area contributed by atoms with E-state index < -0.39 is 0 Å². The zero-order valence-corrected chi connectivity index (χ0v) is 13.8. The molecule has 22 heavy (non-hydrogen) atoms. The van der Waals surface area contributed by atoms with E-state index in [1.165, 1.54) is 0 Å². The number of carbonyl (C=O) groups excluding carboxylic acids is 2. The van der Waals surface area contributed by atoms with Crippen molar-refractivity contribution in [1.82, 2.24) is 15.1 Å². The van der Waals surface area contributed by atoms with Crippen molar-refractivity contribution in [2.75, 3.05) is 26.2 Å². The molecule has 0 spiro atoms. The lowest BCUT2D eigenvalue weighted by Crippen LogP contribution is -2.54. The van der Waals surface area contributed by atoms with Crippen molar-refractivity contribution in [1.29, 1.82) is 0 Å². The fraction of sp³-hybridized carbons (Fsp3) is 0.500. The minimum absolute atomic E-state index is 0.0557. The number of piperazine rings is 1. The van der Waals surface area contributed by atoms with Gasteiger partial charge in [0.2, 0.25) is 5.91 Å². The molecule has 1 saturated heterocycles. The molecule has 1 aromatic rings. The smallest absolute Gasteiger partial charge is 0.317 e. The monoisotopic (exact) mass is 323 g/mol. The third kappa shape index (κ3) is 4.63. The first kappa shape index (κ1) is 16.6. The molecule has 0 atom stereocenters. The number of amides is 3. The highest BCUT2D eigenvalue weighted by molar-refractivity contribution is 6.30. The van der Waals surface area contributed by atoms with Gasteiger partial charge in [0.15, 0.2) is 0 Å². The second kappa shape index (κ2) is 7.49. The van der Waals surface area contributed by atoms with Crippen molar-refractivity contribution in [3.05, 3.63) is 34.9 Å². The predicted octanol–water partition coefficient (Wildman–Crippen LogP) is 2.14. The van der Waals surface area contributed by atoms with E-state index in [-0.39, 0.29) is 18.0 Å². The van der Waals surface area contributed by atoms with Crippen LogP contribution < -0.4 is 5.32 Å². The van der Waals surface area contributed by atoms with E-state index in [4.69, 9.17) is 11.6 Å². The second-order valence-electron chi connectivity index (χ2n) is 5.78. The predicted molar refractivity (Wildman–Crippen MR) is 87.0 cm³/mol. The summed E-state index contributed by atoms with van der Waals surface area (Å²) in [7, 11) is 0. The summed E-state index contributed by atoms with van der Waals surface area (Å²) in [6.45, 7) is 6.18. The van der Waals surface area contributed by atoms with Gasteiger partial charge in [-0.05, 0) is 31.5 Å².